The highest BCUT2D eigenvalue weighted by Gasteiger charge is 2.16. The van der Waals surface area contributed by atoms with Crippen molar-refractivity contribution >= 4 is 11.6 Å². The van der Waals surface area contributed by atoms with Gasteiger partial charge in [0.25, 0.3) is 0 Å². The van der Waals surface area contributed by atoms with Crippen molar-refractivity contribution < 1.29 is 19.4 Å². The summed E-state index contributed by atoms with van der Waals surface area (Å²) in [6.45, 7) is 7.26. The van der Waals surface area contributed by atoms with Crippen LogP contribution in [0.25, 0.3) is 0 Å². The van der Waals surface area contributed by atoms with Gasteiger partial charge in [0.05, 0.1) is 19.3 Å². The summed E-state index contributed by atoms with van der Waals surface area (Å²) in [5, 5.41) is 13.2. The van der Waals surface area contributed by atoms with Crippen LogP contribution in [0.1, 0.15) is 18.1 Å². The first-order chi connectivity index (χ1) is 13.4. The molecule has 0 aliphatic carbocycles. The average molecular weight is 386 g/mol. The minimum Gasteiger partial charge on any atom is -0.495 e. The Kier molecular flexibility index (Phi) is 8.29. The predicted molar refractivity (Wildman–Crippen MR) is 111 cm³/mol. The summed E-state index contributed by atoms with van der Waals surface area (Å²) in [7, 11) is 1.57. The second-order valence-corrected chi connectivity index (χ2v) is 6.76. The number of anilines is 1. The Hall–Kier alpha value is -2.57. The van der Waals surface area contributed by atoms with Crippen LogP contribution in [0, 0.1) is 13.8 Å². The normalized spacial score (nSPS) is 11.9. The van der Waals surface area contributed by atoms with Gasteiger partial charge >= 0.3 is 0 Å². The zero-order chi connectivity index (χ0) is 20.5. The van der Waals surface area contributed by atoms with Crippen LogP contribution in [-0.2, 0) is 4.79 Å². The van der Waals surface area contributed by atoms with Crippen molar-refractivity contribution in [3.05, 3.63) is 53.6 Å². The Morgan fingerprint density at radius 1 is 1.14 bits per heavy atom. The summed E-state index contributed by atoms with van der Waals surface area (Å²) in [4.78, 5) is 14.3. The molecule has 0 saturated carbocycles. The molecule has 2 rings (SSSR count). The van der Waals surface area contributed by atoms with Gasteiger partial charge in [0.1, 0.15) is 24.2 Å². The van der Waals surface area contributed by atoms with Crippen LogP contribution < -0.4 is 14.8 Å². The van der Waals surface area contributed by atoms with E-state index in [9.17, 15) is 9.90 Å². The summed E-state index contributed by atoms with van der Waals surface area (Å²) < 4.78 is 11.1. The van der Waals surface area contributed by atoms with Crippen LogP contribution >= 0.6 is 0 Å². The molecule has 0 radical (unpaired) electrons. The highest BCUT2D eigenvalue weighted by atomic mass is 16.5. The molecule has 0 aliphatic rings. The molecular weight excluding hydrogens is 356 g/mol. The number of hydrogen-bond donors (Lipinski definition) is 2. The largest absolute Gasteiger partial charge is 0.495 e. The molecule has 1 atom stereocenters. The van der Waals surface area contributed by atoms with Gasteiger partial charge in [-0.25, -0.2) is 0 Å². The maximum Gasteiger partial charge on any atom is 0.238 e. The van der Waals surface area contributed by atoms with Gasteiger partial charge in [-0.3, -0.25) is 9.69 Å². The number of nitrogens with zero attached hydrogens (tertiary/aromatic N) is 1. The van der Waals surface area contributed by atoms with E-state index in [1.807, 2.05) is 56.0 Å². The molecule has 6 nitrogen and oxygen atoms in total. The molecule has 2 aromatic carbocycles. The lowest BCUT2D eigenvalue weighted by atomic mass is 10.1. The Morgan fingerprint density at radius 2 is 1.82 bits per heavy atom. The van der Waals surface area contributed by atoms with Crippen LogP contribution in [-0.4, -0.2) is 55.4 Å². The molecule has 1 unspecified atom stereocenters. The molecule has 0 bridgehead atoms. The van der Waals surface area contributed by atoms with Crippen molar-refractivity contribution in [2.75, 3.05) is 38.7 Å². The molecule has 0 heterocycles. The zero-order valence-electron chi connectivity index (χ0n) is 17.1. The Bertz CT molecular complexity index is 759. The van der Waals surface area contributed by atoms with E-state index in [2.05, 4.69) is 5.32 Å². The fraction of sp³-hybridized carbons (Fsp3) is 0.409. The van der Waals surface area contributed by atoms with Gasteiger partial charge in [0.15, 0.2) is 0 Å². The van der Waals surface area contributed by atoms with Crippen LogP contribution in [0.3, 0.4) is 0 Å². The molecule has 152 valence electrons. The van der Waals surface area contributed by atoms with E-state index in [1.165, 1.54) is 0 Å². The SMILES string of the molecule is CCN(CC(=O)Nc1ccccc1OC)CC(O)COc1c(C)cccc1C. The monoisotopic (exact) mass is 386 g/mol. The number of carbonyl (C=O) groups excluding carboxylic acids is 1. The molecule has 28 heavy (non-hydrogen) atoms. The lowest BCUT2D eigenvalue weighted by Gasteiger charge is -2.24. The molecule has 0 spiro atoms. The Labute approximate surface area is 167 Å². The standard InChI is InChI=1S/C22H30N2O4/c1-5-24(14-21(26)23-19-11-6-7-12-20(19)27-4)13-18(25)15-28-22-16(2)9-8-10-17(22)3/h6-12,18,25H,5,13-15H2,1-4H3,(H,23,26). The molecule has 2 aromatic rings. The zero-order valence-corrected chi connectivity index (χ0v) is 17.1. The van der Waals surface area contributed by atoms with E-state index in [4.69, 9.17) is 9.47 Å². The fourth-order valence-corrected chi connectivity index (χ4v) is 3.00. The van der Waals surface area contributed by atoms with Gasteiger partial charge in [0, 0.05) is 6.54 Å². The fourth-order valence-electron chi connectivity index (χ4n) is 3.00. The average Bonchev–Trinajstić information content (AvgIpc) is 2.67. The van der Waals surface area contributed by atoms with E-state index >= 15 is 0 Å². The van der Waals surface area contributed by atoms with Gasteiger partial charge in [-0.1, -0.05) is 37.3 Å². The van der Waals surface area contributed by atoms with Gasteiger partial charge < -0.3 is 19.9 Å². The topological polar surface area (TPSA) is 71.0 Å². The summed E-state index contributed by atoms with van der Waals surface area (Å²) in [6.07, 6.45) is -0.696. The molecule has 0 aromatic heterocycles. The first-order valence-electron chi connectivity index (χ1n) is 9.46. The number of carbonyl (C=O) groups is 1. The highest BCUT2D eigenvalue weighted by molar-refractivity contribution is 5.93. The maximum atomic E-state index is 12.4. The molecule has 6 heteroatoms. The predicted octanol–water partition coefficient (Wildman–Crippen LogP) is 3.01. The van der Waals surface area contributed by atoms with E-state index in [1.54, 1.807) is 19.2 Å². The third-order valence-corrected chi connectivity index (χ3v) is 4.49. The quantitative estimate of drug-likeness (QED) is 0.657. The molecule has 2 N–H and O–H groups in total. The number of aliphatic hydroxyl groups is 1. The number of amides is 1. The molecule has 1 amide bonds. The number of benzene rings is 2. The summed E-state index contributed by atoms with van der Waals surface area (Å²) in [5.41, 5.74) is 2.71. The van der Waals surface area contributed by atoms with E-state index in [0.717, 1.165) is 16.9 Å². The van der Waals surface area contributed by atoms with Crippen molar-refractivity contribution in [3.8, 4) is 11.5 Å². The van der Waals surface area contributed by atoms with Gasteiger partial charge in [-0.2, -0.15) is 0 Å². The summed E-state index contributed by atoms with van der Waals surface area (Å²) >= 11 is 0. The van der Waals surface area contributed by atoms with Crippen molar-refractivity contribution in [3.63, 3.8) is 0 Å². The molecule has 0 aliphatic heterocycles. The number of para-hydroxylation sites is 3. The minimum atomic E-state index is -0.696. The number of rotatable bonds is 10. The smallest absolute Gasteiger partial charge is 0.238 e. The Balaban J connectivity index is 1.86. The van der Waals surface area contributed by atoms with Crippen LogP contribution in [0.5, 0.6) is 11.5 Å². The number of methoxy groups -OCH3 is 1. The van der Waals surface area contributed by atoms with Gasteiger partial charge in [-0.15, -0.1) is 0 Å². The highest BCUT2D eigenvalue weighted by Crippen LogP contribution is 2.23. The minimum absolute atomic E-state index is 0.158. The van der Waals surface area contributed by atoms with Crippen LogP contribution in [0.15, 0.2) is 42.5 Å². The number of aryl methyl sites for hydroxylation is 2. The molecule has 0 saturated heterocycles. The lowest BCUT2D eigenvalue weighted by Crippen LogP contribution is -2.40. The number of likely N-dealkylation sites (N-methyl/N-ethyl adjacent to an activating group) is 1. The van der Waals surface area contributed by atoms with Crippen molar-refractivity contribution in [2.45, 2.75) is 26.9 Å². The first-order valence-corrected chi connectivity index (χ1v) is 9.46. The number of aliphatic hydroxyl groups excluding tert-OH is 1. The van der Waals surface area contributed by atoms with Crippen molar-refractivity contribution in [2.24, 2.45) is 0 Å². The summed E-state index contributed by atoms with van der Waals surface area (Å²) in [5.74, 6) is 1.26. The molecule has 0 fully saturated rings. The third kappa shape index (κ3) is 6.25. The maximum absolute atomic E-state index is 12.4. The van der Waals surface area contributed by atoms with Crippen molar-refractivity contribution in [1.29, 1.82) is 0 Å². The van der Waals surface area contributed by atoms with E-state index < -0.39 is 6.10 Å². The lowest BCUT2D eigenvalue weighted by molar-refractivity contribution is -0.117. The van der Waals surface area contributed by atoms with Crippen molar-refractivity contribution in [1.82, 2.24) is 4.90 Å². The summed E-state index contributed by atoms with van der Waals surface area (Å²) in [6, 6.07) is 13.2. The third-order valence-electron chi connectivity index (χ3n) is 4.49. The van der Waals surface area contributed by atoms with Gasteiger partial charge in [0.2, 0.25) is 5.91 Å². The van der Waals surface area contributed by atoms with E-state index in [-0.39, 0.29) is 19.1 Å². The second-order valence-electron chi connectivity index (χ2n) is 6.76. The Morgan fingerprint density at radius 3 is 2.46 bits per heavy atom. The van der Waals surface area contributed by atoms with Gasteiger partial charge in [-0.05, 0) is 43.7 Å². The van der Waals surface area contributed by atoms with Crippen LogP contribution in [0.4, 0.5) is 5.69 Å². The number of hydrogen-bond acceptors (Lipinski definition) is 5. The second kappa shape index (κ2) is 10.7. The first kappa shape index (κ1) is 21.7. The number of ether oxygens (including phenoxy) is 2. The van der Waals surface area contributed by atoms with E-state index in [0.29, 0.717) is 24.5 Å². The van der Waals surface area contributed by atoms with Crippen LogP contribution in [0.2, 0.25) is 0 Å². The number of nitrogens with one attached hydrogen (secondary N) is 1. The molecular formula is C22H30N2O4.